The molecule has 3 aliphatic carbocycles. The molecule has 1 fully saturated rings. The number of aryl methyl sites for hydroxylation is 2. The van der Waals surface area contributed by atoms with Gasteiger partial charge in [-0.2, -0.15) is 0 Å². The Morgan fingerprint density at radius 2 is 2.00 bits per heavy atom. The summed E-state index contributed by atoms with van der Waals surface area (Å²) < 4.78 is 0. The van der Waals surface area contributed by atoms with Crippen LogP contribution in [0.25, 0.3) is 0 Å². The smallest absolute Gasteiger partial charge is 0.115 e. The van der Waals surface area contributed by atoms with Gasteiger partial charge in [-0.1, -0.05) is 31.1 Å². The van der Waals surface area contributed by atoms with Gasteiger partial charge >= 0.3 is 0 Å². The number of anilines is 2. The van der Waals surface area contributed by atoms with Crippen LogP contribution in [-0.2, 0) is 11.8 Å². The second-order valence-electron chi connectivity index (χ2n) is 9.43. The van der Waals surface area contributed by atoms with Gasteiger partial charge < -0.3 is 10.4 Å². The van der Waals surface area contributed by atoms with Crippen LogP contribution in [0.1, 0.15) is 62.8 Å². The third-order valence-electron chi connectivity index (χ3n) is 7.60. The summed E-state index contributed by atoms with van der Waals surface area (Å²) in [6, 6.07) is 6.83. The number of aliphatic hydroxyl groups excluding tert-OH is 1. The molecule has 3 atom stereocenters. The molecule has 0 spiro atoms. The molecule has 4 nitrogen and oxygen atoms in total. The van der Waals surface area contributed by atoms with Gasteiger partial charge in [0.05, 0.1) is 23.7 Å². The SMILES string of the molecule is Cc1ncncc1Nc1ccc2c(c1)CCC1=C3C[C@H](O)C[C@]3(C)CC[C@]12C. The average molecular weight is 376 g/mol. The standard InChI is InChI=1S/C24H29N3O/c1-15-22(13-25-14-26-15)27-17-5-7-19-16(10-17)4-6-20-21-11-18(28)12-23(21,2)8-9-24(19,20)3/h5,7,10,13-14,18,27-28H,4,6,8-9,11-12H2,1-3H3/t18-,23-,24-/m0/s1. The van der Waals surface area contributed by atoms with E-state index >= 15 is 0 Å². The first-order valence-corrected chi connectivity index (χ1v) is 10.5. The fourth-order valence-corrected chi connectivity index (χ4v) is 6.02. The summed E-state index contributed by atoms with van der Waals surface area (Å²) in [5, 5.41) is 13.8. The van der Waals surface area contributed by atoms with E-state index in [-0.39, 0.29) is 16.9 Å². The molecule has 0 radical (unpaired) electrons. The molecule has 4 heteroatoms. The molecule has 2 N–H and O–H groups in total. The quantitative estimate of drug-likeness (QED) is 0.727. The zero-order valence-electron chi connectivity index (χ0n) is 17.0. The summed E-state index contributed by atoms with van der Waals surface area (Å²) in [5.74, 6) is 0. The van der Waals surface area contributed by atoms with Gasteiger partial charge in [0, 0.05) is 11.1 Å². The van der Waals surface area contributed by atoms with E-state index in [2.05, 4.69) is 47.3 Å². The molecular formula is C24H29N3O. The topological polar surface area (TPSA) is 58.0 Å². The van der Waals surface area contributed by atoms with Crippen molar-refractivity contribution in [3.8, 4) is 0 Å². The Labute approximate surface area is 167 Å². The lowest BCUT2D eigenvalue weighted by Gasteiger charge is -2.48. The molecule has 1 aromatic heterocycles. The Balaban J connectivity index is 1.52. The first-order chi connectivity index (χ1) is 13.4. The lowest BCUT2D eigenvalue weighted by atomic mass is 9.56. The number of nitrogens with one attached hydrogen (secondary N) is 1. The van der Waals surface area contributed by atoms with Gasteiger partial charge in [-0.05, 0) is 74.1 Å². The maximum Gasteiger partial charge on any atom is 0.115 e. The van der Waals surface area contributed by atoms with Crippen molar-refractivity contribution in [3.05, 3.63) is 58.7 Å². The van der Waals surface area contributed by atoms with Crippen molar-refractivity contribution in [2.75, 3.05) is 5.32 Å². The first kappa shape index (κ1) is 17.9. The highest BCUT2D eigenvalue weighted by molar-refractivity contribution is 5.64. The minimum Gasteiger partial charge on any atom is -0.393 e. The lowest BCUT2D eigenvalue weighted by Crippen LogP contribution is -2.38. The first-order valence-electron chi connectivity index (χ1n) is 10.5. The molecule has 2 aromatic rings. The molecule has 5 rings (SSSR count). The van der Waals surface area contributed by atoms with Crippen molar-refractivity contribution in [1.29, 1.82) is 0 Å². The molecule has 0 unspecified atom stereocenters. The van der Waals surface area contributed by atoms with Crippen LogP contribution in [0.4, 0.5) is 11.4 Å². The number of aromatic nitrogens is 2. The largest absolute Gasteiger partial charge is 0.393 e. The van der Waals surface area contributed by atoms with Crippen molar-refractivity contribution in [1.82, 2.24) is 9.97 Å². The van der Waals surface area contributed by atoms with Gasteiger partial charge in [0.15, 0.2) is 0 Å². The number of hydrogen-bond donors (Lipinski definition) is 2. The fourth-order valence-electron chi connectivity index (χ4n) is 6.02. The maximum absolute atomic E-state index is 10.3. The zero-order chi connectivity index (χ0) is 19.5. The Bertz CT molecular complexity index is 982. The highest BCUT2D eigenvalue weighted by atomic mass is 16.3. The Morgan fingerprint density at radius 3 is 2.82 bits per heavy atom. The van der Waals surface area contributed by atoms with E-state index < -0.39 is 0 Å². The maximum atomic E-state index is 10.3. The van der Waals surface area contributed by atoms with E-state index in [0.717, 1.165) is 42.8 Å². The van der Waals surface area contributed by atoms with Gasteiger partial charge in [-0.3, -0.25) is 0 Å². The number of aliphatic hydroxyl groups is 1. The van der Waals surface area contributed by atoms with Crippen LogP contribution in [0.2, 0.25) is 0 Å². The minimum absolute atomic E-state index is 0.122. The zero-order valence-corrected chi connectivity index (χ0v) is 17.0. The minimum atomic E-state index is -0.154. The predicted molar refractivity (Wildman–Crippen MR) is 112 cm³/mol. The molecule has 146 valence electrons. The number of nitrogens with zero attached hydrogens (tertiary/aromatic N) is 2. The summed E-state index contributed by atoms with van der Waals surface area (Å²) in [6.45, 7) is 6.80. The van der Waals surface area contributed by atoms with E-state index in [4.69, 9.17) is 0 Å². The van der Waals surface area contributed by atoms with Crippen LogP contribution in [-0.4, -0.2) is 21.2 Å². The number of allylic oxidation sites excluding steroid dienone is 1. The molecule has 0 saturated heterocycles. The number of fused-ring (bicyclic) bond motifs is 4. The van der Waals surface area contributed by atoms with E-state index in [0.29, 0.717) is 0 Å². The van der Waals surface area contributed by atoms with Gasteiger partial charge in [0.2, 0.25) is 0 Å². The third kappa shape index (κ3) is 2.61. The molecule has 1 saturated carbocycles. The summed E-state index contributed by atoms with van der Waals surface area (Å²) in [5.41, 5.74) is 9.49. The van der Waals surface area contributed by atoms with Crippen molar-refractivity contribution >= 4 is 11.4 Å². The van der Waals surface area contributed by atoms with E-state index in [1.54, 1.807) is 17.5 Å². The van der Waals surface area contributed by atoms with Crippen LogP contribution in [0, 0.1) is 12.3 Å². The van der Waals surface area contributed by atoms with Gasteiger partial charge in [0.1, 0.15) is 6.33 Å². The predicted octanol–water partition coefficient (Wildman–Crippen LogP) is 4.98. The highest BCUT2D eigenvalue weighted by Gasteiger charge is 2.50. The van der Waals surface area contributed by atoms with Crippen molar-refractivity contribution in [2.24, 2.45) is 5.41 Å². The average Bonchev–Trinajstić information content (AvgIpc) is 2.97. The van der Waals surface area contributed by atoms with Crippen LogP contribution in [0.5, 0.6) is 0 Å². The van der Waals surface area contributed by atoms with Crippen molar-refractivity contribution in [3.63, 3.8) is 0 Å². The molecule has 0 aliphatic heterocycles. The second-order valence-corrected chi connectivity index (χ2v) is 9.43. The summed E-state index contributed by atoms with van der Waals surface area (Å²) >= 11 is 0. The van der Waals surface area contributed by atoms with Crippen molar-refractivity contribution in [2.45, 2.75) is 70.8 Å². The number of hydrogen-bond acceptors (Lipinski definition) is 4. The van der Waals surface area contributed by atoms with E-state index in [1.165, 1.54) is 24.0 Å². The highest BCUT2D eigenvalue weighted by Crippen LogP contribution is 2.59. The van der Waals surface area contributed by atoms with Crippen LogP contribution in [0.15, 0.2) is 41.9 Å². The Kier molecular flexibility index (Phi) is 3.92. The summed E-state index contributed by atoms with van der Waals surface area (Å²) in [6.07, 6.45) is 9.64. The van der Waals surface area contributed by atoms with Gasteiger partial charge in [-0.25, -0.2) is 9.97 Å². The molecule has 3 aliphatic rings. The molecular weight excluding hydrogens is 346 g/mol. The Morgan fingerprint density at radius 1 is 1.14 bits per heavy atom. The molecule has 0 amide bonds. The third-order valence-corrected chi connectivity index (χ3v) is 7.60. The van der Waals surface area contributed by atoms with E-state index in [1.807, 2.05) is 13.1 Å². The number of benzene rings is 1. The molecule has 28 heavy (non-hydrogen) atoms. The van der Waals surface area contributed by atoms with Gasteiger partial charge in [0.25, 0.3) is 0 Å². The van der Waals surface area contributed by atoms with Crippen LogP contribution in [0.3, 0.4) is 0 Å². The summed E-state index contributed by atoms with van der Waals surface area (Å²) in [4.78, 5) is 8.41. The molecule has 1 heterocycles. The monoisotopic (exact) mass is 375 g/mol. The van der Waals surface area contributed by atoms with Crippen LogP contribution >= 0.6 is 0 Å². The Hall–Kier alpha value is -2.20. The van der Waals surface area contributed by atoms with Gasteiger partial charge in [-0.15, -0.1) is 0 Å². The molecule has 1 aromatic carbocycles. The van der Waals surface area contributed by atoms with Crippen LogP contribution < -0.4 is 5.32 Å². The summed E-state index contributed by atoms with van der Waals surface area (Å²) in [7, 11) is 0. The van der Waals surface area contributed by atoms with Crippen molar-refractivity contribution < 1.29 is 5.11 Å². The normalized spacial score (nSPS) is 31.2. The number of rotatable bonds is 2. The second kappa shape index (κ2) is 6.15. The molecule has 0 bridgehead atoms. The fraction of sp³-hybridized carbons (Fsp3) is 0.500. The van der Waals surface area contributed by atoms with E-state index in [9.17, 15) is 5.11 Å². The lowest BCUT2D eigenvalue weighted by molar-refractivity contribution is 0.157.